The molecule has 0 aromatic carbocycles. The smallest absolute Gasteiger partial charge is 0.348 e. The number of nitrogens with one attached hydrogen (secondary N) is 1. The molecule has 0 aliphatic rings. The standard InChI is InChI=1S/C9H10F3N3/c1-3-6(2)14-8-13-5-4-7(15-8)9(10,11)12/h3-6H,1H2,2H3,(H,13,14,15). The molecular weight excluding hydrogens is 207 g/mol. The lowest BCUT2D eigenvalue weighted by Crippen LogP contribution is -2.16. The molecule has 1 rings (SSSR count). The zero-order valence-corrected chi connectivity index (χ0v) is 8.04. The van der Waals surface area contributed by atoms with Gasteiger partial charge in [0, 0.05) is 12.2 Å². The van der Waals surface area contributed by atoms with E-state index in [1.54, 1.807) is 13.0 Å². The number of hydrogen-bond donors (Lipinski definition) is 1. The first kappa shape index (κ1) is 11.5. The molecule has 0 aliphatic heterocycles. The lowest BCUT2D eigenvalue weighted by Gasteiger charge is -2.10. The van der Waals surface area contributed by atoms with E-state index in [2.05, 4.69) is 21.9 Å². The fourth-order valence-corrected chi connectivity index (χ4v) is 0.849. The lowest BCUT2D eigenvalue weighted by molar-refractivity contribution is -0.141. The van der Waals surface area contributed by atoms with Gasteiger partial charge in [-0.25, -0.2) is 9.97 Å². The second kappa shape index (κ2) is 4.29. The van der Waals surface area contributed by atoms with Crippen LogP contribution in [-0.2, 0) is 6.18 Å². The highest BCUT2D eigenvalue weighted by atomic mass is 19.4. The van der Waals surface area contributed by atoms with E-state index in [4.69, 9.17) is 0 Å². The maximum Gasteiger partial charge on any atom is 0.433 e. The van der Waals surface area contributed by atoms with Gasteiger partial charge in [0.05, 0.1) is 0 Å². The Morgan fingerprint density at radius 2 is 2.20 bits per heavy atom. The third-order valence-corrected chi connectivity index (χ3v) is 1.66. The normalized spacial score (nSPS) is 13.3. The van der Waals surface area contributed by atoms with Crippen molar-refractivity contribution in [2.75, 3.05) is 5.32 Å². The summed E-state index contributed by atoms with van der Waals surface area (Å²) in [7, 11) is 0. The van der Waals surface area contributed by atoms with E-state index < -0.39 is 11.9 Å². The average Bonchev–Trinajstić information content (AvgIpc) is 2.17. The molecule has 0 radical (unpaired) electrons. The number of anilines is 1. The largest absolute Gasteiger partial charge is 0.433 e. The first-order valence-corrected chi connectivity index (χ1v) is 4.23. The molecule has 1 N–H and O–H groups in total. The summed E-state index contributed by atoms with van der Waals surface area (Å²) in [6, 6.07) is 0.637. The first-order chi connectivity index (χ1) is 6.93. The molecule has 0 aliphatic carbocycles. The molecule has 0 spiro atoms. The Balaban J connectivity index is 2.88. The average molecular weight is 217 g/mol. The number of rotatable bonds is 3. The molecule has 1 heterocycles. The van der Waals surface area contributed by atoms with Crippen LogP contribution in [-0.4, -0.2) is 16.0 Å². The van der Waals surface area contributed by atoms with Gasteiger partial charge >= 0.3 is 6.18 Å². The first-order valence-electron chi connectivity index (χ1n) is 4.23. The third-order valence-electron chi connectivity index (χ3n) is 1.66. The quantitative estimate of drug-likeness (QED) is 0.790. The Hall–Kier alpha value is -1.59. The molecule has 1 atom stereocenters. The Bertz CT molecular complexity index is 349. The van der Waals surface area contributed by atoms with Gasteiger partial charge in [0.1, 0.15) is 5.69 Å². The maximum atomic E-state index is 12.2. The summed E-state index contributed by atoms with van der Waals surface area (Å²) < 4.78 is 36.7. The number of nitrogens with zero attached hydrogens (tertiary/aromatic N) is 2. The van der Waals surface area contributed by atoms with E-state index in [1.165, 1.54) is 0 Å². The second-order valence-electron chi connectivity index (χ2n) is 2.93. The van der Waals surface area contributed by atoms with Gasteiger partial charge in [0.25, 0.3) is 0 Å². The summed E-state index contributed by atoms with van der Waals surface area (Å²) in [6.07, 6.45) is -1.84. The minimum atomic E-state index is -4.45. The van der Waals surface area contributed by atoms with Crippen LogP contribution in [0, 0.1) is 0 Å². The fraction of sp³-hybridized carbons (Fsp3) is 0.333. The van der Waals surface area contributed by atoms with Crippen molar-refractivity contribution in [3.05, 3.63) is 30.6 Å². The number of aromatic nitrogens is 2. The molecule has 1 aromatic rings. The molecule has 0 saturated carbocycles. The predicted molar refractivity (Wildman–Crippen MR) is 50.3 cm³/mol. The number of halogens is 3. The van der Waals surface area contributed by atoms with Crippen molar-refractivity contribution in [3.8, 4) is 0 Å². The molecule has 6 heteroatoms. The maximum absolute atomic E-state index is 12.2. The van der Waals surface area contributed by atoms with Crippen molar-refractivity contribution in [2.45, 2.75) is 19.1 Å². The van der Waals surface area contributed by atoms with Crippen molar-refractivity contribution in [3.63, 3.8) is 0 Å². The van der Waals surface area contributed by atoms with Crippen LogP contribution in [0.4, 0.5) is 19.1 Å². The molecule has 1 unspecified atom stereocenters. The Kier molecular flexibility index (Phi) is 3.28. The summed E-state index contributed by atoms with van der Waals surface area (Å²) in [5.74, 6) is -0.0581. The van der Waals surface area contributed by atoms with Crippen molar-refractivity contribution >= 4 is 5.95 Å². The van der Waals surface area contributed by atoms with Crippen LogP contribution in [0.5, 0.6) is 0 Å². The van der Waals surface area contributed by atoms with E-state index in [1.807, 2.05) is 0 Å². The highest BCUT2D eigenvalue weighted by molar-refractivity contribution is 5.28. The molecule has 0 saturated heterocycles. The summed E-state index contributed by atoms with van der Waals surface area (Å²) in [4.78, 5) is 7.01. The van der Waals surface area contributed by atoms with Gasteiger partial charge in [-0.1, -0.05) is 6.08 Å². The molecular formula is C9H10F3N3. The number of alkyl halides is 3. The van der Waals surface area contributed by atoms with Gasteiger partial charge < -0.3 is 5.32 Å². The molecule has 0 fully saturated rings. The summed E-state index contributed by atoms with van der Waals surface area (Å²) >= 11 is 0. The Morgan fingerprint density at radius 3 is 2.73 bits per heavy atom. The summed E-state index contributed by atoms with van der Waals surface area (Å²) in [6.45, 7) is 5.22. The monoisotopic (exact) mass is 217 g/mol. The van der Waals surface area contributed by atoms with E-state index >= 15 is 0 Å². The Labute approximate surface area is 85.1 Å². The van der Waals surface area contributed by atoms with Crippen molar-refractivity contribution in [2.24, 2.45) is 0 Å². The van der Waals surface area contributed by atoms with Crippen molar-refractivity contribution < 1.29 is 13.2 Å². The van der Waals surface area contributed by atoms with Gasteiger partial charge in [-0.05, 0) is 13.0 Å². The van der Waals surface area contributed by atoms with Gasteiger partial charge in [-0.15, -0.1) is 6.58 Å². The van der Waals surface area contributed by atoms with E-state index in [-0.39, 0.29) is 12.0 Å². The van der Waals surface area contributed by atoms with Gasteiger partial charge in [0.15, 0.2) is 0 Å². The van der Waals surface area contributed by atoms with Gasteiger partial charge in [-0.3, -0.25) is 0 Å². The van der Waals surface area contributed by atoms with Crippen LogP contribution < -0.4 is 5.32 Å². The minimum Gasteiger partial charge on any atom is -0.348 e. The predicted octanol–water partition coefficient (Wildman–Crippen LogP) is 2.48. The molecule has 1 aromatic heterocycles. The fourth-order valence-electron chi connectivity index (χ4n) is 0.849. The highest BCUT2D eigenvalue weighted by Crippen LogP contribution is 2.27. The molecule has 15 heavy (non-hydrogen) atoms. The highest BCUT2D eigenvalue weighted by Gasteiger charge is 2.32. The van der Waals surface area contributed by atoms with E-state index in [0.717, 1.165) is 12.3 Å². The zero-order chi connectivity index (χ0) is 11.5. The van der Waals surface area contributed by atoms with Gasteiger partial charge in [-0.2, -0.15) is 13.2 Å². The summed E-state index contributed by atoms with van der Waals surface area (Å²) in [5, 5.41) is 2.66. The third kappa shape index (κ3) is 3.23. The van der Waals surface area contributed by atoms with Crippen molar-refractivity contribution in [1.29, 1.82) is 0 Å². The minimum absolute atomic E-state index is 0.0581. The van der Waals surface area contributed by atoms with Crippen LogP contribution in [0.15, 0.2) is 24.9 Å². The second-order valence-corrected chi connectivity index (χ2v) is 2.93. The lowest BCUT2D eigenvalue weighted by atomic mass is 10.3. The molecule has 82 valence electrons. The van der Waals surface area contributed by atoms with Crippen LogP contribution in [0.2, 0.25) is 0 Å². The van der Waals surface area contributed by atoms with Crippen LogP contribution in [0.25, 0.3) is 0 Å². The summed E-state index contributed by atoms with van der Waals surface area (Å²) in [5.41, 5.74) is -0.962. The molecule has 3 nitrogen and oxygen atoms in total. The number of hydrogen-bond acceptors (Lipinski definition) is 3. The van der Waals surface area contributed by atoms with Gasteiger partial charge in [0.2, 0.25) is 5.95 Å². The van der Waals surface area contributed by atoms with Crippen LogP contribution in [0.1, 0.15) is 12.6 Å². The topological polar surface area (TPSA) is 37.8 Å². The molecule has 0 bridgehead atoms. The van der Waals surface area contributed by atoms with Crippen LogP contribution >= 0.6 is 0 Å². The van der Waals surface area contributed by atoms with Crippen LogP contribution in [0.3, 0.4) is 0 Å². The SMILES string of the molecule is C=CC(C)Nc1nccc(C(F)(F)F)n1. The van der Waals surface area contributed by atoms with E-state index in [0.29, 0.717) is 0 Å². The molecule has 0 amide bonds. The zero-order valence-electron chi connectivity index (χ0n) is 8.04. The van der Waals surface area contributed by atoms with Crippen molar-refractivity contribution in [1.82, 2.24) is 9.97 Å². The Morgan fingerprint density at radius 1 is 1.53 bits per heavy atom. The van der Waals surface area contributed by atoms with E-state index in [9.17, 15) is 13.2 Å².